The molecule has 0 aliphatic carbocycles. The summed E-state index contributed by atoms with van der Waals surface area (Å²) < 4.78 is 48.2. The maximum Gasteiger partial charge on any atom is 0.416 e. The Kier molecular flexibility index (Phi) is 8.13. The fraction of sp³-hybridized carbons (Fsp3) is 0.350. The van der Waals surface area contributed by atoms with Crippen molar-refractivity contribution in [3.05, 3.63) is 65.2 Å². The van der Waals surface area contributed by atoms with Gasteiger partial charge in [0.15, 0.2) is 5.96 Å². The van der Waals surface area contributed by atoms with Crippen LogP contribution in [0.4, 0.5) is 13.2 Å². The minimum atomic E-state index is -4.33. The average Bonchev–Trinajstić information content (AvgIpc) is 2.69. The number of methoxy groups -OCH3 is 1. The van der Waals surface area contributed by atoms with Crippen LogP contribution in [-0.4, -0.2) is 33.3 Å². The van der Waals surface area contributed by atoms with Gasteiger partial charge in [-0.1, -0.05) is 24.3 Å². The summed E-state index contributed by atoms with van der Waals surface area (Å²) in [7, 11) is 3.26. The molecule has 0 aromatic heterocycles. The zero-order valence-electron chi connectivity index (χ0n) is 15.8. The summed E-state index contributed by atoms with van der Waals surface area (Å²) in [5.74, 6) is 1.32. The van der Waals surface area contributed by atoms with E-state index in [2.05, 4.69) is 15.6 Å². The van der Waals surface area contributed by atoms with Gasteiger partial charge in [-0.2, -0.15) is 13.2 Å². The van der Waals surface area contributed by atoms with E-state index in [9.17, 15) is 13.2 Å². The van der Waals surface area contributed by atoms with Crippen molar-refractivity contribution in [1.82, 2.24) is 10.6 Å². The number of benzene rings is 2. The van der Waals surface area contributed by atoms with Gasteiger partial charge >= 0.3 is 6.18 Å². The predicted molar refractivity (Wildman–Crippen MR) is 102 cm³/mol. The maximum atomic E-state index is 12.6. The molecular formula is C20H24F3N3O2. The molecule has 0 radical (unpaired) electrons. The van der Waals surface area contributed by atoms with Crippen molar-refractivity contribution in [3.63, 3.8) is 0 Å². The lowest BCUT2D eigenvalue weighted by Crippen LogP contribution is -2.36. The second kappa shape index (κ2) is 10.6. The molecule has 0 aliphatic heterocycles. The van der Waals surface area contributed by atoms with Crippen LogP contribution in [0, 0.1) is 0 Å². The SMILES string of the molecule is CN=C(NCc1ccc(OCCOC)cc1)NCc1ccc(C(F)(F)F)cc1. The molecule has 2 N–H and O–H groups in total. The number of halogens is 3. The third-order valence-electron chi connectivity index (χ3n) is 3.90. The van der Waals surface area contributed by atoms with Crippen molar-refractivity contribution >= 4 is 5.96 Å². The fourth-order valence-corrected chi connectivity index (χ4v) is 2.35. The molecule has 0 amide bonds. The number of hydrogen-bond donors (Lipinski definition) is 2. The zero-order valence-corrected chi connectivity index (χ0v) is 15.8. The summed E-state index contributed by atoms with van der Waals surface area (Å²) in [5.41, 5.74) is 1.11. The second-order valence-electron chi connectivity index (χ2n) is 5.96. The largest absolute Gasteiger partial charge is 0.491 e. The summed E-state index contributed by atoms with van der Waals surface area (Å²) in [6, 6.07) is 12.7. The lowest BCUT2D eigenvalue weighted by Gasteiger charge is -2.13. The first-order valence-corrected chi connectivity index (χ1v) is 8.73. The first-order valence-electron chi connectivity index (χ1n) is 8.73. The summed E-state index contributed by atoms with van der Waals surface area (Å²) in [4.78, 5) is 4.12. The van der Waals surface area contributed by atoms with Crippen LogP contribution in [0.15, 0.2) is 53.5 Å². The molecule has 152 valence electrons. The standard InChI is InChI=1S/C20H24F3N3O2/c1-24-19(25-13-15-3-7-17(8-4-15)20(21,22)23)26-14-16-5-9-18(10-6-16)28-12-11-27-2/h3-10H,11-14H2,1-2H3,(H2,24,25,26). The number of rotatable bonds is 8. The lowest BCUT2D eigenvalue weighted by atomic mass is 10.1. The van der Waals surface area contributed by atoms with Gasteiger partial charge in [0.05, 0.1) is 12.2 Å². The van der Waals surface area contributed by atoms with Gasteiger partial charge in [0, 0.05) is 27.2 Å². The Bertz CT molecular complexity index is 745. The molecule has 0 fully saturated rings. The van der Waals surface area contributed by atoms with Crippen LogP contribution in [-0.2, 0) is 24.0 Å². The Morgan fingerprint density at radius 2 is 1.43 bits per heavy atom. The van der Waals surface area contributed by atoms with E-state index in [4.69, 9.17) is 9.47 Å². The van der Waals surface area contributed by atoms with E-state index < -0.39 is 11.7 Å². The number of aliphatic imine (C=N–C) groups is 1. The monoisotopic (exact) mass is 395 g/mol. The van der Waals surface area contributed by atoms with Crippen LogP contribution >= 0.6 is 0 Å². The molecule has 0 saturated carbocycles. The van der Waals surface area contributed by atoms with Crippen LogP contribution in [0.2, 0.25) is 0 Å². The van der Waals surface area contributed by atoms with Gasteiger partial charge in [0.25, 0.3) is 0 Å². The highest BCUT2D eigenvalue weighted by Crippen LogP contribution is 2.29. The van der Waals surface area contributed by atoms with E-state index in [1.165, 1.54) is 12.1 Å². The maximum absolute atomic E-state index is 12.6. The van der Waals surface area contributed by atoms with E-state index in [1.807, 2.05) is 24.3 Å². The Morgan fingerprint density at radius 1 is 0.893 bits per heavy atom. The van der Waals surface area contributed by atoms with Gasteiger partial charge in [-0.15, -0.1) is 0 Å². The van der Waals surface area contributed by atoms with Gasteiger partial charge in [-0.05, 0) is 35.4 Å². The molecule has 8 heteroatoms. The van der Waals surface area contributed by atoms with E-state index in [1.54, 1.807) is 14.2 Å². The van der Waals surface area contributed by atoms with Crippen molar-refractivity contribution in [3.8, 4) is 5.75 Å². The molecule has 0 aliphatic rings. The van der Waals surface area contributed by atoms with Crippen LogP contribution in [0.1, 0.15) is 16.7 Å². The third-order valence-corrected chi connectivity index (χ3v) is 3.90. The molecular weight excluding hydrogens is 371 g/mol. The van der Waals surface area contributed by atoms with E-state index in [0.717, 1.165) is 29.0 Å². The molecule has 2 aromatic rings. The zero-order chi connectivity index (χ0) is 20.4. The number of alkyl halides is 3. The molecule has 0 spiro atoms. The van der Waals surface area contributed by atoms with Crippen molar-refractivity contribution in [2.24, 2.45) is 4.99 Å². The first kappa shape index (κ1) is 21.6. The van der Waals surface area contributed by atoms with E-state index in [0.29, 0.717) is 32.3 Å². The van der Waals surface area contributed by atoms with Crippen molar-refractivity contribution in [2.45, 2.75) is 19.3 Å². The normalized spacial score (nSPS) is 12.0. The van der Waals surface area contributed by atoms with Crippen LogP contribution in [0.3, 0.4) is 0 Å². The van der Waals surface area contributed by atoms with E-state index >= 15 is 0 Å². The summed E-state index contributed by atoms with van der Waals surface area (Å²) in [6.07, 6.45) is -4.33. The molecule has 0 unspecified atom stereocenters. The number of nitrogens with zero attached hydrogens (tertiary/aromatic N) is 1. The highest BCUT2D eigenvalue weighted by Gasteiger charge is 2.29. The van der Waals surface area contributed by atoms with Crippen LogP contribution in [0.5, 0.6) is 5.75 Å². The first-order chi connectivity index (χ1) is 13.4. The van der Waals surface area contributed by atoms with E-state index in [-0.39, 0.29) is 0 Å². The van der Waals surface area contributed by atoms with Gasteiger partial charge in [-0.25, -0.2) is 0 Å². The van der Waals surface area contributed by atoms with Gasteiger partial charge in [0.1, 0.15) is 12.4 Å². The van der Waals surface area contributed by atoms with Gasteiger partial charge in [0.2, 0.25) is 0 Å². The minimum Gasteiger partial charge on any atom is -0.491 e. The number of nitrogens with one attached hydrogen (secondary N) is 2. The predicted octanol–water partition coefficient (Wildman–Crippen LogP) is 3.60. The average molecular weight is 395 g/mol. The molecule has 0 heterocycles. The van der Waals surface area contributed by atoms with Crippen molar-refractivity contribution < 1.29 is 22.6 Å². The summed E-state index contributed by atoms with van der Waals surface area (Å²) in [6.45, 7) is 1.94. The Hall–Kier alpha value is -2.74. The summed E-state index contributed by atoms with van der Waals surface area (Å²) >= 11 is 0. The molecule has 0 atom stereocenters. The van der Waals surface area contributed by atoms with Crippen molar-refractivity contribution in [1.29, 1.82) is 0 Å². The molecule has 28 heavy (non-hydrogen) atoms. The second-order valence-corrected chi connectivity index (χ2v) is 5.96. The molecule has 0 saturated heterocycles. The highest BCUT2D eigenvalue weighted by molar-refractivity contribution is 5.79. The van der Waals surface area contributed by atoms with Gasteiger partial charge < -0.3 is 20.1 Å². The quantitative estimate of drug-likeness (QED) is 0.407. The van der Waals surface area contributed by atoms with Crippen molar-refractivity contribution in [2.75, 3.05) is 27.4 Å². The lowest BCUT2D eigenvalue weighted by molar-refractivity contribution is -0.137. The summed E-state index contributed by atoms with van der Waals surface area (Å²) in [5, 5.41) is 6.24. The Morgan fingerprint density at radius 3 is 1.89 bits per heavy atom. The number of hydrogen-bond acceptors (Lipinski definition) is 3. The van der Waals surface area contributed by atoms with Crippen LogP contribution < -0.4 is 15.4 Å². The smallest absolute Gasteiger partial charge is 0.416 e. The Labute approximate surface area is 162 Å². The Balaban J connectivity index is 1.79. The third kappa shape index (κ3) is 7.11. The van der Waals surface area contributed by atoms with Gasteiger partial charge in [-0.3, -0.25) is 4.99 Å². The molecule has 0 bridgehead atoms. The molecule has 5 nitrogen and oxygen atoms in total. The minimum absolute atomic E-state index is 0.365. The number of guanidine groups is 1. The molecule has 2 aromatic carbocycles. The number of ether oxygens (including phenoxy) is 2. The fourth-order valence-electron chi connectivity index (χ4n) is 2.35. The van der Waals surface area contributed by atoms with Crippen LogP contribution in [0.25, 0.3) is 0 Å². The molecule has 2 rings (SSSR count). The topological polar surface area (TPSA) is 54.9 Å². The highest BCUT2D eigenvalue weighted by atomic mass is 19.4.